The summed E-state index contributed by atoms with van der Waals surface area (Å²) in [5.74, 6) is 0.438. The highest BCUT2D eigenvalue weighted by atomic mass is 16.5. The maximum atomic E-state index is 11.7. The zero-order chi connectivity index (χ0) is 11.3. The first kappa shape index (κ1) is 12.5. The molecule has 0 aromatic carbocycles. The molecule has 2 unspecified atom stereocenters. The highest BCUT2D eigenvalue weighted by Gasteiger charge is 2.20. The second-order valence-corrected chi connectivity index (χ2v) is 4.45. The lowest BCUT2D eigenvalue weighted by Crippen LogP contribution is -2.35. The molecule has 0 aromatic heterocycles. The standard InChI is InChI=1S/C11H22N2O2/c1-9(7-12)6-11(14)13(2)8-10-4-3-5-15-10/h9-10H,3-8,12H2,1-2H3. The van der Waals surface area contributed by atoms with Crippen molar-refractivity contribution in [1.82, 2.24) is 4.90 Å². The molecule has 4 nitrogen and oxygen atoms in total. The molecule has 2 atom stereocenters. The highest BCUT2D eigenvalue weighted by Crippen LogP contribution is 2.13. The summed E-state index contributed by atoms with van der Waals surface area (Å²) in [7, 11) is 1.84. The third kappa shape index (κ3) is 4.18. The molecule has 1 aliphatic heterocycles. The minimum absolute atomic E-state index is 0.170. The van der Waals surface area contributed by atoms with Crippen LogP contribution in [-0.2, 0) is 9.53 Å². The molecule has 0 spiro atoms. The average molecular weight is 214 g/mol. The second-order valence-electron chi connectivity index (χ2n) is 4.45. The van der Waals surface area contributed by atoms with Gasteiger partial charge in [-0.1, -0.05) is 6.92 Å². The molecule has 0 aliphatic carbocycles. The first-order chi connectivity index (χ1) is 7.13. The Bertz CT molecular complexity index is 203. The van der Waals surface area contributed by atoms with Crippen molar-refractivity contribution < 1.29 is 9.53 Å². The van der Waals surface area contributed by atoms with Crippen LogP contribution in [0.2, 0.25) is 0 Å². The lowest BCUT2D eigenvalue weighted by molar-refractivity contribution is -0.132. The van der Waals surface area contributed by atoms with Gasteiger partial charge in [0.05, 0.1) is 6.10 Å². The van der Waals surface area contributed by atoms with E-state index in [9.17, 15) is 4.79 Å². The van der Waals surface area contributed by atoms with Gasteiger partial charge in [-0.05, 0) is 25.3 Å². The Hall–Kier alpha value is -0.610. The van der Waals surface area contributed by atoms with E-state index >= 15 is 0 Å². The molecule has 88 valence electrons. The van der Waals surface area contributed by atoms with Crippen LogP contribution in [0.15, 0.2) is 0 Å². The van der Waals surface area contributed by atoms with Gasteiger partial charge in [0.15, 0.2) is 0 Å². The van der Waals surface area contributed by atoms with Gasteiger partial charge < -0.3 is 15.4 Å². The van der Waals surface area contributed by atoms with Crippen LogP contribution in [0.5, 0.6) is 0 Å². The molecule has 1 fully saturated rings. The molecule has 1 rings (SSSR count). The van der Waals surface area contributed by atoms with E-state index in [2.05, 4.69) is 0 Å². The number of rotatable bonds is 5. The van der Waals surface area contributed by atoms with Crippen LogP contribution in [0.1, 0.15) is 26.2 Å². The molecule has 1 aliphatic rings. The Labute approximate surface area is 91.8 Å². The van der Waals surface area contributed by atoms with E-state index in [1.807, 2.05) is 14.0 Å². The van der Waals surface area contributed by atoms with Crippen LogP contribution in [0.4, 0.5) is 0 Å². The van der Waals surface area contributed by atoms with Crippen molar-refractivity contribution in [3.63, 3.8) is 0 Å². The fourth-order valence-electron chi connectivity index (χ4n) is 1.73. The van der Waals surface area contributed by atoms with E-state index < -0.39 is 0 Å². The summed E-state index contributed by atoms with van der Waals surface area (Å²) in [5.41, 5.74) is 5.49. The second kappa shape index (κ2) is 6.08. The molecule has 0 radical (unpaired) electrons. The van der Waals surface area contributed by atoms with Crippen LogP contribution in [0.25, 0.3) is 0 Å². The summed E-state index contributed by atoms with van der Waals surface area (Å²) < 4.78 is 5.49. The Kier molecular flexibility index (Phi) is 5.05. The first-order valence-electron chi connectivity index (χ1n) is 5.69. The number of carbonyl (C=O) groups is 1. The zero-order valence-electron chi connectivity index (χ0n) is 9.74. The maximum Gasteiger partial charge on any atom is 0.222 e. The summed E-state index contributed by atoms with van der Waals surface area (Å²) in [6.45, 7) is 4.12. The molecule has 0 aromatic rings. The monoisotopic (exact) mass is 214 g/mol. The Balaban J connectivity index is 2.25. The van der Waals surface area contributed by atoms with Crippen molar-refractivity contribution in [2.45, 2.75) is 32.3 Å². The van der Waals surface area contributed by atoms with E-state index in [1.54, 1.807) is 4.90 Å². The molecule has 0 bridgehead atoms. The van der Waals surface area contributed by atoms with Crippen LogP contribution in [0, 0.1) is 5.92 Å². The minimum atomic E-state index is 0.170. The molecule has 1 saturated heterocycles. The van der Waals surface area contributed by atoms with E-state index in [0.717, 1.165) is 26.0 Å². The number of likely N-dealkylation sites (N-methyl/N-ethyl adjacent to an activating group) is 1. The predicted molar refractivity (Wildman–Crippen MR) is 59.4 cm³/mol. The molecular weight excluding hydrogens is 192 g/mol. The SMILES string of the molecule is CC(CN)CC(=O)N(C)CC1CCCO1. The van der Waals surface area contributed by atoms with Crippen molar-refractivity contribution >= 4 is 5.91 Å². The van der Waals surface area contributed by atoms with E-state index in [-0.39, 0.29) is 17.9 Å². The molecule has 4 heteroatoms. The molecule has 15 heavy (non-hydrogen) atoms. The van der Waals surface area contributed by atoms with Gasteiger partial charge in [-0.2, -0.15) is 0 Å². The Morgan fingerprint density at radius 1 is 1.67 bits per heavy atom. The Morgan fingerprint density at radius 2 is 2.40 bits per heavy atom. The molecule has 1 heterocycles. The summed E-state index contributed by atoms with van der Waals surface area (Å²) in [4.78, 5) is 13.5. The number of hydrogen-bond donors (Lipinski definition) is 1. The number of ether oxygens (including phenoxy) is 1. The highest BCUT2D eigenvalue weighted by molar-refractivity contribution is 5.76. The summed E-state index contributed by atoms with van der Waals surface area (Å²) >= 11 is 0. The van der Waals surface area contributed by atoms with E-state index in [0.29, 0.717) is 13.0 Å². The topological polar surface area (TPSA) is 55.6 Å². The van der Waals surface area contributed by atoms with Crippen molar-refractivity contribution in [1.29, 1.82) is 0 Å². The van der Waals surface area contributed by atoms with Crippen molar-refractivity contribution in [2.75, 3.05) is 26.7 Å². The third-order valence-corrected chi connectivity index (χ3v) is 2.85. The number of carbonyl (C=O) groups excluding carboxylic acids is 1. The van der Waals surface area contributed by atoms with Gasteiger partial charge in [-0.25, -0.2) is 0 Å². The number of nitrogens with zero attached hydrogens (tertiary/aromatic N) is 1. The van der Waals surface area contributed by atoms with Crippen LogP contribution in [-0.4, -0.2) is 43.7 Å². The van der Waals surface area contributed by atoms with Crippen molar-refractivity contribution in [2.24, 2.45) is 11.7 Å². The number of nitrogens with two attached hydrogens (primary N) is 1. The van der Waals surface area contributed by atoms with Crippen molar-refractivity contribution in [3.8, 4) is 0 Å². The van der Waals surface area contributed by atoms with Gasteiger partial charge in [0.25, 0.3) is 0 Å². The largest absolute Gasteiger partial charge is 0.376 e. The van der Waals surface area contributed by atoms with Crippen molar-refractivity contribution in [3.05, 3.63) is 0 Å². The fraction of sp³-hybridized carbons (Fsp3) is 0.909. The van der Waals surface area contributed by atoms with Gasteiger partial charge in [0.2, 0.25) is 5.91 Å². The quantitative estimate of drug-likeness (QED) is 0.729. The summed E-state index contributed by atoms with van der Waals surface area (Å²) in [6, 6.07) is 0. The summed E-state index contributed by atoms with van der Waals surface area (Å²) in [5, 5.41) is 0. The molecular formula is C11H22N2O2. The van der Waals surface area contributed by atoms with Gasteiger partial charge in [0.1, 0.15) is 0 Å². The lowest BCUT2D eigenvalue weighted by Gasteiger charge is -2.22. The predicted octanol–water partition coefficient (Wildman–Crippen LogP) is 0.609. The van der Waals surface area contributed by atoms with Gasteiger partial charge in [0, 0.05) is 26.6 Å². The number of amides is 1. The van der Waals surface area contributed by atoms with E-state index in [1.165, 1.54) is 0 Å². The van der Waals surface area contributed by atoms with Crippen LogP contribution >= 0.6 is 0 Å². The third-order valence-electron chi connectivity index (χ3n) is 2.85. The average Bonchev–Trinajstić information content (AvgIpc) is 2.70. The maximum absolute atomic E-state index is 11.7. The normalized spacial score (nSPS) is 22.7. The molecule has 1 amide bonds. The molecule has 2 N–H and O–H groups in total. The van der Waals surface area contributed by atoms with E-state index in [4.69, 9.17) is 10.5 Å². The fourth-order valence-corrected chi connectivity index (χ4v) is 1.73. The first-order valence-corrected chi connectivity index (χ1v) is 5.69. The number of hydrogen-bond acceptors (Lipinski definition) is 3. The van der Waals surface area contributed by atoms with Gasteiger partial charge in [-0.15, -0.1) is 0 Å². The van der Waals surface area contributed by atoms with Gasteiger partial charge in [-0.3, -0.25) is 4.79 Å². The Morgan fingerprint density at radius 3 is 2.93 bits per heavy atom. The van der Waals surface area contributed by atoms with Crippen LogP contribution < -0.4 is 5.73 Å². The zero-order valence-corrected chi connectivity index (χ0v) is 9.74. The summed E-state index contributed by atoms with van der Waals surface area (Å²) in [6.07, 6.45) is 2.97. The lowest BCUT2D eigenvalue weighted by atomic mass is 10.1. The minimum Gasteiger partial charge on any atom is -0.376 e. The smallest absolute Gasteiger partial charge is 0.222 e. The van der Waals surface area contributed by atoms with Crippen LogP contribution in [0.3, 0.4) is 0 Å². The molecule has 0 saturated carbocycles. The van der Waals surface area contributed by atoms with Gasteiger partial charge >= 0.3 is 0 Å².